The predicted octanol–water partition coefficient (Wildman–Crippen LogP) is 2.21. The smallest absolute Gasteiger partial charge is 0.387 e. The van der Waals surface area contributed by atoms with Crippen LogP contribution in [0.2, 0.25) is 0 Å². The number of rotatable bonds is 7. The Bertz CT molecular complexity index is 726. The van der Waals surface area contributed by atoms with Gasteiger partial charge in [0.2, 0.25) is 11.8 Å². The Morgan fingerprint density at radius 2 is 2.12 bits per heavy atom. The highest BCUT2D eigenvalue weighted by molar-refractivity contribution is 8.04. The molecule has 140 valence electrons. The van der Waals surface area contributed by atoms with Crippen LogP contribution in [0.5, 0.6) is 5.75 Å². The molecule has 0 radical (unpaired) electrons. The Hall–Kier alpha value is -2.62. The third-order valence-electron chi connectivity index (χ3n) is 3.12. The summed E-state index contributed by atoms with van der Waals surface area (Å²) in [7, 11) is 0. The van der Waals surface area contributed by atoms with Crippen LogP contribution in [0.15, 0.2) is 35.4 Å². The molecule has 1 aromatic carbocycles. The maximum atomic E-state index is 12.4. The second-order valence-electron chi connectivity index (χ2n) is 4.93. The van der Waals surface area contributed by atoms with Gasteiger partial charge >= 0.3 is 12.6 Å². The molecule has 1 heterocycles. The highest BCUT2D eigenvalue weighted by Gasteiger charge is 2.29. The lowest BCUT2D eigenvalue weighted by molar-refractivity contribution is -0.137. The van der Waals surface area contributed by atoms with Crippen molar-refractivity contribution < 1.29 is 32.6 Å². The van der Waals surface area contributed by atoms with Crippen molar-refractivity contribution in [2.45, 2.75) is 13.5 Å². The molecule has 0 aliphatic carbocycles. The van der Waals surface area contributed by atoms with Gasteiger partial charge in [-0.15, -0.1) is 0 Å². The lowest BCUT2D eigenvalue weighted by Crippen LogP contribution is -2.34. The third-order valence-corrected chi connectivity index (χ3v) is 4.14. The number of benzene rings is 1. The summed E-state index contributed by atoms with van der Waals surface area (Å²) in [5.74, 6) is -1.70. The highest BCUT2D eigenvalue weighted by Crippen LogP contribution is 2.29. The first-order valence-corrected chi connectivity index (χ1v) is 8.54. The van der Waals surface area contributed by atoms with E-state index in [2.05, 4.69) is 10.1 Å². The standard InChI is InChI=1S/C16H16F2N2O5S/c1-2-24-15(23)7-14-20(13(22)9-26-14)8-12(21)19-10-5-3-4-6-11(10)25-16(17)18/h3-7,16H,2,8-9H2,1H3,(H,19,21)/b14-7+. The molecule has 0 spiro atoms. The lowest BCUT2D eigenvalue weighted by atomic mass is 10.3. The molecule has 1 N–H and O–H groups in total. The first-order chi connectivity index (χ1) is 12.4. The van der Waals surface area contributed by atoms with Gasteiger partial charge < -0.3 is 14.8 Å². The number of nitrogens with zero attached hydrogens (tertiary/aromatic N) is 1. The van der Waals surface area contributed by atoms with Gasteiger partial charge in [-0.05, 0) is 19.1 Å². The van der Waals surface area contributed by atoms with E-state index in [1.807, 2.05) is 0 Å². The Kier molecular flexibility index (Phi) is 6.96. The normalized spacial score (nSPS) is 15.5. The van der Waals surface area contributed by atoms with E-state index in [-0.39, 0.29) is 36.2 Å². The number of ether oxygens (including phenoxy) is 2. The van der Waals surface area contributed by atoms with E-state index >= 15 is 0 Å². The number of para-hydroxylation sites is 2. The molecule has 0 unspecified atom stereocenters. The summed E-state index contributed by atoms with van der Waals surface area (Å²) in [6.45, 7) is -1.58. The molecule has 1 aliphatic rings. The Balaban J connectivity index is 2.06. The van der Waals surface area contributed by atoms with Gasteiger partial charge in [0.1, 0.15) is 12.3 Å². The largest absolute Gasteiger partial charge is 0.463 e. The third kappa shape index (κ3) is 5.45. The van der Waals surface area contributed by atoms with Crippen LogP contribution in [-0.4, -0.2) is 48.2 Å². The summed E-state index contributed by atoms with van der Waals surface area (Å²) in [6, 6.07) is 5.70. The van der Waals surface area contributed by atoms with Crippen LogP contribution in [0.1, 0.15) is 6.92 Å². The van der Waals surface area contributed by atoms with Crippen LogP contribution in [0, 0.1) is 0 Å². The number of hydrogen-bond acceptors (Lipinski definition) is 6. The number of carbonyl (C=O) groups excluding carboxylic acids is 3. The van der Waals surface area contributed by atoms with E-state index in [9.17, 15) is 23.2 Å². The van der Waals surface area contributed by atoms with E-state index in [0.29, 0.717) is 5.03 Å². The molecule has 1 aliphatic heterocycles. The number of nitrogens with one attached hydrogen (secondary N) is 1. The fourth-order valence-electron chi connectivity index (χ4n) is 2.09. The maximum Gasteiger partial charge on any atom is 0.387 e. The Labute approximate surface area is 152 Å². The molecule has 1 fully saturated rings. The molecule has 1 saturated heterocycles. The monoisotopic (exact) mass is 386 g/mol. The minimum atomic E-state index is -3.04. The van der Waals surface area contributed by atoms with Crippen molar-refractivity contribution in [1.82, 2.24) is 4.90 Å². The summed E-state index contributed by atoms with van der Waals surface area (Å²) in [5.41, 5.74) is 0.0491. The molecule has 0 aromatic heterocycles. The topological polar surface area (TPSA) is 84.9 Å². The van der Waals surface area contributed by atoms with Crippen molar-refractivity contribution in [1.29, 1.82) is 0 Å². The molecule has 0 saturated carbocycles. The number of amides is 2. The molecule has 2 rings (SSSR count). The predicted molar refractivity (Wildman–Crippen MR) is 90.6 cm³/mol. The van der Waals surface area contributed by atoms with Crippen LogP contribution in [-0.2, 0) is 19.1 Å². The van der Waals surface area contributed by atoms with E-state index in [4.69, 9.17) is 4.74 Å². The summed E-state index contributed by atoms with van der Waals surface area (Å²) < 4.78 is 33.9. The van der Waals surface area contributed by atoms with Gasteiger partial charge in [-0.3, -0.25) is 14.5 Å². The van der Waals surface area contributed by atoms with Gasteiger partial charge in [-0.1, -0.05) is 23.9 Å². The molecular weight excluding hydrogens is 370 g/mol. The molecule has 26 heavy (non-hydrogen) atoms. The molecule has 10 heteroatoms. The first-order valence-electron chi connectivity index (χ1n) is 7.56. The quantitative estimate of drug-likeness (QED) is 0.571. The second kappa shape index (κ2) is 9.18. The van der Waals surface area contributed by atoms with Crippen LogP contribution in [0.4, 0.5) is 14.5 Å². The molecule has 0 atom stereocenters. The number of alkyl halides is 2. The molecular formula is C16H16F2N2O5S. The summed E-state index contributed by atoms with van der Waals surface area (Å²) >= 11 is 1.11. The van der Waals surface area contributed by atoms with Crippen molar-refractivity contribution in [2.24, 2.45) is 0 Å². The van der Waals surface area contributed by atoms with Gasteiger partial charge in [0, 0.05) is 0 Å². The minimum Gasteiger partial charge on any atom is -0.463 e. The van der Waals surface area contributed by atoms with E-state index in [1.165, 1.54) is 24.3 Å². The van der Waals surface area contributed by atoms with Crippen molar-refractivity contribution in [2.75, 3.05) is 24.2 Å². The van der Waals surface area contributed by atoms with Crippen molar-refractivity contribution >= 4 is 35.2 Å². The number of halogens is 2. The molecule has 7 nitrogen and oxygen atoms in total. The summed E-state index contributed by atoms with van der Waals surface area (Å²) in [6.07, 6.45) is 1.14. The average molecular weight is 386 g/mol. The Morgan fingerprint density at radius 3 is 2.81 bits per heavy atom. The van der Waals surface area contributed by atoms with Gasteiger partial charge in [0.25, 0.3) is 0 Å². The van der Waals surface area contributed by atoms with Gasteiger partial charge in [0.05, 0.1) is 29.2 Å². The van der Waals surface area contributed by atoms with Gasteiger partial charge in [-0.25, -0.2) is 4.79 Å². The average Bonchev–Trinajstić information content (AvgIpc) is 2.89. The van der Waals surface area contributed by atoms with Gasteiger partial charge in [-0.2, -0.15) is 8.78 Å². The van der Waals surface area contributed by atoms with Crippen LogP contribution >= 0.6 is 11.8 Å². The summed E-state index contributed by atoms with van der Waals surface area (Å²) in [4.78, 5) is 36.8. The Morgan fingerprint density at radius 1 is 1.38 bits per heavy atom. The molecule has 2 amide bonds. The van der Waals surface area contributed by atoms with Crippen molar-refractivity contribution in [3.05, 3.63) is 35.4 Å². The first kappa shape index (κ1) is 19.7. The minimum absolute atomic E-state index is 0.0491. The van der Waals surface area contributed by atoms with Gasteiger partial charge in [0.15, 0.2) is 0 Å². The number of esters is 1. The molecule has 1 aromatic rings. The van der Waals surface area contributed by atoms with Crippen molar-refractivity contribution in [3.8, 4) is 5.75 Å². The van der Waals surface area contributed by atoms with E-state index in [0.717, 1.165) is 22.7 Å². The van der Waals surface area contributed by atoms with E-state index < -0.39 is 18.5 Å². The van der Waals surface area contributed by atoms with Crippen LogP contribution in [0.3, 0.4) is 0 Å². The highest BCUT2D eigenvalue weighted by atomic mass is 32.2. The van der Waals surface area contributed by atoms with Crippen LogP contribution in [0.25, 0.3) is 0 Å². The lowest BCUT2D eigenvalue weighted by Gasteiger charge is -2.17. The zero-order chi connectivity index (χ0) is 19.1. The fraction of sp³-hybridized carbons (Fsp3) is 0.312. The van der Waals surface area contributed by atoms with E-state index in [1.54, 1.807) is 6.92 Å². The number of thioether (sulfide) groups is 1. The van der Waals surface area contributed by atoms with Crippen LogP contribution < -0.4 is 10.1 Å². The number of carbonyl (C=O) groups is 3. The SMILES string of the molecule is CCOC(=O)/C=C1/SCC(=O)N1CC(=O)Nc1ccccc1OC(F)F. The maximum absolute atomic E-state index is 12.4. The van der Waals surface area contributed by atoms with Crippen molar-refractivity contribution in [3.63, 3.8) is 0 Å². The fourth-order valence-corrected chi connectivity index (χ4v) is 3.02. The number of hydrogen-bond donors (Lipinski definition) is 1. The zero-order valence-electron chi connectivity index (χ0n) is 13.7. The number of anilines is 1. The summed E-state index contributed by atoms with van der Waals surface area (Å²) in [5, 5.41) is 2.71. The zero-order valence-corrected chi connectivity index (χ0v) is 14.6. The second-order valence-corrected chi connectivity index (χ2v) is 5.92. The molecule has 0 bridgehead atoms.